The number of benzene rings is 2. The molecule has 0 spiro atoms. The van der Waals surface area contributed by atoms with Crippen molar-refractivity contribution >= 4 is 17.9 Å². The number of nitrogens with one attached hydrogen (secondary N) is 2. The fraction of sp³-hybridized carbons (Fsp3) is 0.250. The fourth-order valence-corrected chi connectivity index (χ4v) is 2.46. The summed E-state index contributed by atoms with van der Waals surface area (Å²) in [6, 6.07) is 17.0. The van der Waals surface area contributed by atoms with Crippen molar-refractivity contribution in [2.24, 2.45) is 5.73 Å². The number of rotatable bonds is 8. The number of nitrogens with two attached hydrogens (primary N) is 1. The van der Waals surface area contributed by atoms with E-state index in [0.29, 0.717) is 0 Å². The van der Waals surface area contributed by atoms with Crippen molar-refractivity contribution in [3.63, 3.8) is 0 Å². The van der Waals surface area contributed by atoms with Crippen LogP contribution in [0.3, 0.4) is 0 Å². The van der Waals surface area contributed by atoms with Gasteiger partial charge in [-0.05, 0) is 18.1 Å². The normalized spacial score (nSPS) is 12.5. The average molecular weight is 369 g/mol. The van der Waals surface area contributed by atoms with Gasteiger partial charge in [0.05, 0.1) is 12.5 Å². The predicted octanol–water partition coefficient (Wildman–Crippen LogP) is 2.03. The molecule has 0 saturated carbocycles. The Balaban J connectivity index is 1.93. The second kappa shape index (κ2) is 9.96. The minimum absolute atomic E-state index is 0.0536. The van der Waals surface area contributed by atoms with Crippen molar-refractivity contribution in [3.8, 4) is 0 Å². The van der Waals surface area contributed by atoms with Crippen molar-refractivity contribution in [1.29, 1.82) is 0 Å². The number of hydrogen-bond donors (Lipinski definition) is 3. The quantitative estimate of drug-likeness (QED) is 0.661. The number of alkyl carbamates (subject to hydrolysis) is 1. The lowest BCUT2D eigenvalue weighted by molar-refractivity contribution is -0.127. The maximum Gasteiger partial charge on any atom is 0.408 e. The molecule has 2 atom stereocenters. The highest BCUT2D eigenvalue weighted by atomic mass is 16.5. The molecule has 142 valence electrons. The van der Waals surface area contributed by atoms with Crippen molar-refractivity contribution in [3.05, 3.63) is 71.8 Å². The molecule has 0 bridgehead atoms. The number of amides is 3. The SMILES string of the molecule is C[C@@H](NC(=O)[C@H](CC(N)=O)NC(=O)OCc1ccccc1)c1ccccc1. The monoisotopic (exact) mass is 369 g/mol. The third-order valence-corrected chi connectivity index (χ3v) is 3.88. The first-order valence-corrected chi connectivity index (χ1v) is 8.56. The lowest BCUT2D eigenvalue weighted by Crippen LogP contribution is -2.49. The van der Waals surface area contributed by atoms with Gasteiger partial charge in [-0.3, -0.25) is 9.59 Å². The van der Waals surface area contributed by atoms with Crippen LogP contribution >= 0.6 is 0 Å². The van der Waals surface area contributed by atoms with Crippen molar-refractivity contribution in [1.82, 2.24) is 10.6 Å². The molecule has 3 amide bonds. The van der Waals surface area contributed by atoms with Crippen LogP contribution in [0.25, 0.3) is 0 Å². The summed E-state index contributed by atoms with van der Waals surface area (Å²) in [5, 5.41) is 5.16. The molecule has 0 radical (unpaired) electrons. The standard InChI is InChI=1S/C20H23N3O4/c1-14(16-10-6-3-7-11-16)22-19(25)17(12-18(21)24)23-20(26)27-13-15-8-4-2-5-9-15/h2-11,14,17H,12-13H2,1H3,(H2,21,24)(H,22,25)(H,23,26)/t14-,17+/m1/s1. The summed E-state index contributed by atoms with van der Waals surface area (Å²) < 4.78 is 5.10. The van der Waals surface area contributed by atoms with Gasteiger partial charge in [-0.2, -0.15) is 0 Å². The first-order chi connectivity index (χ1) is 13.0. The molecule has 0 aliphatic heterocycles. The highest BCUT2D eigenvalue weighted by Gasteiger charge is 2.25. The zero-order valence-corrected chi connectivity index (χ0v) is 15.1. The number of primary amides is 1. The Morgan fingerprint density at radius 2 is 1.56 bits per heavy atom. The lowest BCUT2D eigenvalue weighted by Gasteiger charge is -2.20. The summed E-state index contributed by atoms with van der Waals surface area (Å²) in [4.78, 5) is 35.8. The molecule has 2 rings (SSSR count). The van der Waals surface area contributed by atoms with Gasteiger partial charge >= 0.3 is 6.09 Å². The van der Waals surface area contributed by atoms with Crippen LogP contribution in [0.2, 0.25) is 0 Å². The Kier molecular flexibility index (Phi) is 7.37. The van der Waals surface area contributed by atoms with E-state index in [1.807, 2.05) is 67.6 Å². The minimum Gasteiger partial charge on any atom is -0.445 e. The van der Waals surface area contributed by atoms with Gasteiger partial charge < -0.3 is 21.1 Å². The van der Waals surface area contributed by atoms with Gasteiger partial charge in [0.15, 0.2) is 0 Å². The first-order valence-electron chi connectivity index (χ1n) is 8.56. The molecule has 2 aromatic rings. The van der Waals surface area contributed by atoms with E-state index in [2.05, 4.69) is 10.6 Å². The van der Waals surface area contributed by atoms with Gasteiger partial charge in [0.1, 0.15) is 12.6 Å². The number of hydrogen-bond acceptors (Lipinski definition) is 4. The topological polar surface area (TPSA) is 111 Å². The number of carbonyl (C=O) groups is 3. The van der Waals surface area contributed by atoms with E-state index < -0.39 is 23.9 Å². The van der Waals surface area contributed by atoms with E-state index in [4.69, 9.17) is 10.5 Å². The van der Waals surface area contributed by atoms with Gasteiger partial charge in [-0.25, -0.2) is 4.79 Å². The highest BCUT2D eigenvalue weighted by molar-refractivity contribution is 5.90. The highest BCUT2D eigenvalue weighted by Crippen LogP contribution is 2.11. The van der Waals surface area contributed by atoms with Gasteiger partial charge in [0.2, 0.25) is 11.8 Å². The van der Waals surface area contributed by atoms with Crippen LogP contribution in [0.5, 0.6) is 0 Å². The smallest absolute Gasteiger partial charge is 0.408 e. The molecular weight excluding hydrogens is 346 g/mol. The third-order valence-electron chi connectivity index (χ3n) is 3.88. The average Bonchev–Trinajstić information content (AvgIpc) is 2.67. The summed E-state index contributed by atoms with van der Waals surface area (Å²) in [6.07, 6.45) is -1.12. The van der Waals surface area contributed by atoms with Gasteiger partial charge in [-0.1, -0.05) is 60.7 Å². The van der Waals surface area contributed by atoms with E-state index in [1.165, 1.54) is 0 Å². The van der Waals surface area contributed by atoms with Crippen molar-refractivity contribution < 1.29 is 19.1 Å². The Labute approximate surface area is 157 Å². The van der Waals surface area contributed by atoms with E-state index in [0.717, 1.165) is 11.1 Å². The zero-order chi connectivity index (χ0) is 19.6. The number of carbonyl (C=O) groups excluding carboxylic acids is 3. The Bertz CT molecular complexity index is 765. The van der Waals surface area contributed by atoms with Crippen LogP contribution in [0.4, 0.5) is 4.79 Å². The fourth-order valence-electron chi connectivity index (χ4n) is 2.46. The number of ether oxygens (including phenoxy) is 1. The molecule has 0 unspecified atom stereocenters. The lowest BCUT2D eigenvalue weighted by atomic mass is 10.1. The van der Waals surface area contributed by atoms with Crippen molar-refractivity contribution in [2.45, 2.75) is 32.0 Å². The maximum atomic E-state index is 12.5. The van der Waals surface area contributed by atoms with Crippen LogP contribution in [0.1, 0.15) is 30.5 Å². The Morgan fingerprint density at radius 3 is 2.15 bits per heavy atom. The molecule has 0 aliphatic carbocycles. The Morgan fingerprint density at radius 1 is 0.963 bits per heavy atom. The van der Waals surface area contributed by atoms with Crippen LogP contribution in [-0.4, -0.2) is 23.9 Å². The second-order valence-electron chi connectivity index (χ2n) is 6.07. The second-order valence-corrected chi connectivity index (χ2v) is 6.07. The van der Waals surface area contributed by atoms with Crippen LogP contribution in [0.15, 0.2) is 60.7 Å². The van der Waals surface area contributed by atoms with Crippen LogP contribution < -0.4 is 16.4 Å². The van der Waals surface area contributed by atoms with Gasteiger partial charge in [0, 0.05) is 0 Å². The molecule has 2 aromatic carbocycles. The van der Waals surface area contributed by atoms with Crippen molar-refractivity contribution in [2.75, 3.05) is 0 Å². The summed E-state index contributed by atoms with van der Waals surface area (Å²) in [5.74, 6) is -1.22. The summed E-state index contributed by atoms with van der Waals surface area (Å²) >= 11 is 0. The molecule has 0 heterocycles. The molecule has 7 heteroatoms. The van der Waals surface area contributed by atoms with E-state index in [-0.39, 0.29) is 19.1 Å². The van der Waals surface area contributed by atoms with Crippen LogP contribution in [-0.2, 0) is 20.9 Å². The maximum absolute atomic E-state index is 12.5. The molecular formula is C20H23N3O4. The molecule has 4 N–H and O–H groups in total. The third kappa shape index (κ3) is 6.81. The molecule has 0 aliphatic rings. The molecule has 7 nitrogen and oxygen atoms in total. The molecule has 27 heavy (non-hydrogen) atoms. The predicted molar refractivity (Wildman–Crippen MR) is 100 cm³/mol. The van der Waals surface area contributed by atoms with Crippen LogP contribution in [0, 0.1) is 0 Å². The first kappa shape index (κ1) is 20.0. The van der Waals surface area contributed by atoms with Gasteiger partial charge in [0.25, 0.3) is 0 Å². The summed E-state index contributed by atoms with van der Waals surface area (Å²) in [6.45, 7) is 1.86. The Hall–Kier alpha value is -3.35. The van der Waals surface area contributed by atoms with E-state index in [1.54, 1.807) is 0 Å². The zero-order valence-electron chi connectivity index (χ0n) is 15.1. The van der Waals surface area contributed by atoms with E-state index >= 15 is 0 Å². The summed E-state index contributed by atoms with van der Waals surface area (Å²) in [5.41, 5.74) is 6.91. The molecule has 0 saturated heterocycles. The minimum atomic E-state index is -1.11. The molecule has 0 aromatic heterocycles. The molecule has 0 fully saturated rings. The van der Waals surface area contributed by atoms with E-state index in [9.17, 15) is 14.4 Å². The largest absolute Gasteiger partial charge is 0.445 e. The van der Waals surface area contributed by atoms with Gasteiger partial charge in [-0.15, -0.1) is 0 Å². The summed E-state index contributed by atoms with van der Waals surface area (Å²) in [7, 11) is 0.